The van der Waals surface area contributed by atoms with E-state index in [9.17, 15) is 9.59 Å². The van der Waals surface area contributed by atoms with Crippen molar-refractivity contribution in [3.8, 4) is 11.1 Å². The average Bonchev–Trinajstić information content (AvgIpc) is 4.20. The van der Waals surface area contributed by atoms with Crippen LogP contribution < -0.4 is 21.3 Å². The van der Waals surface area contributed by atoms with E-state index in [1.165, 1.54) is 5.56 Å². The fraction of sp³-hybridized carbons (Fsp3) is 0.420. The fourth-order valence-corrected chi connectivity index (χ4v) is 10.8. The monoisotopic (exact) mass is 887 g/mol. The van der Waals surface area contributed by atoms with Crippen molar-refractivity contribution in [2.75, 3.05) is 49.1 Å². The van der Waals surface area contributed by atoms with Gasteiger partial charge >= 0.3 is 0 Å². The number of hydrogen-bond acceptors (Lipinski definition) is 12. The van der Waals surface area contributed by atoms with Crippen LogP contribution in [0.1, 0.15) is 118 Å². The van der Waals surface area contributed by atoms with Gasteiger partial charge in [0.2, 0.25) is 0 Å². The summed E-state index contributed by atoms with van der Waals surface area (Å²) < 4.78 is 9.01. The molecule has 16 nitrogen and oxygen atoms in total. The molecule has 7 aromatic rings. The smallest absolute Gasteiger partial charge is 0.276 e. The van der Waals surface area contributed by atoms with Gasteiger partial charge in [0.15, 0.2) is 17.0 Å². The predicted molar refractivity (Wildman–Crippen MR) is 252 cm³/mol. The van der Waals surface area contributed by atoms with E-state index in [0.717, 1.165) is 121 Å². The molecular weight excluding hydrogens is 831 g/mol. The first kappa shape index (κ1) is 42.0. The lowest BCUT2D eigenvalue weighted by molar-refractivity contribution is 0.0571. The Labute approximate surface area is 383 Å². The molecule has 11 rings (SSSR count). The van der Waals surface area contributed by atoms with Crippen molar-refractivity contribution >= 4 is 34.7 Å². The number of nitrogens with zero attached hydrogens (tertiary/aromatic N) is 11. The Bertz CT molecular complexity index is 2960. The Hall–Kier alpha value is -6.65. The lowest BCUT2D eigenvalue weighted by Gasteiger charge is -2.38. The summed E-state index contributed by atoms with van der Waals surface area (Å²) in [6.45, 7) is 10.5. The van der Waals surface area contributed by atoms with E-state index in [-0.39, 0.29) is 41.9 Å². The number of piperidine rings is 2. The van der Waals surface area contributed by atoms with Crippen LogP contribution in [0, 0.1) is 20.8 Å². The number of carbonyl (C=O) groups is 2. The molecule has 4 fully saturated rings. The molecule has 4 saturated heterocycles. The molecule has 66 heavy (non-hydrogen) atoms. The molecule has 4 aliphatic heterocycles. The number of anilines is 2. The van der Waals surface area contributed by atoms with E-state index in [4.69, 9.17) is 36.2 Å². The van der Waals surface area contributed by atoms with E-state index in [1.807, 2.05) is 55.5 Å². The quantitative estimate of drug-likeness (QED) is 0.168. The first-order valence-corrected chi connectivity index (χ1v) is 23.5. The predicted octanol–water partition coefficient (Wildman–Crippen LogP) is 6.56. The van der Waals surface area contributed by atoms with Gasteiger partial charge in [0, 0.05) is 98.6 Å². The zero-order valence-electron chi connectivity index (χ0n) is 37.9. The highest BCUT2D eigenvalue weighted by Crippen LogP contribution is 2.41. The highest BCUT2D eigenvalue weighted by Gasteiger charge is 2.37. The topological polar surface area (TPSA) is 186 Å². The van der Waals surface area contributed by atoms with Crippen molar-refractivity contribution in [2.45, 2.75) is 95.8 Å². The van der Waals surface area contributed by atoms with Crippen LogP contribution in [-0.2, 0) is 0 Å². The number of fused-ring (bicyclic) bond motifs is 2. The third-order valence-corrected chi connectivity index (χ3v) is 14.3. The maximum Gasteiger partial charge on any atom is 0.276 e. The zero-order valence-corrected chi connectivity index (χ0v) is 37.9. The number of hydrogen-bond donors (Lipinski definition) is 2. The Kier molecular flexibility index (Phi) is 10.8. The Balaban J connectivity index is 0.830. The highest BCUT2D eigenvalue weighted by molar-refractivity contribution is 5.95. The lowest BCUT2D eigenvalue weighted by Crippen LogP contribution is -2.41. The number of carbonyl (C=O) groups excluding carboxylic acids is 2. The van der Waals surface area contributed by atoms with Gasteiger partial charge in [0.05, 0.1) is 23.5 Å². The maximum absolute atomic E-state index is 14.3. The third-order valence-electron chi connectivity index (χ3n) is 14.3. The summed E-state index contributed by atoms with van der Waals surface area (Å²) in [5, 5.41) is 14.1. The van der Waals surface area contributed by atoms with Crippen LogP contribution in [0.4, 0.5) is 11.6 Å². The first-order chi connectivity index (χ1) is 32.0. The van der Waals surface area contributed by atoms with Gasteiger partial charge in [-0.25, -0.2) is 19.0 Å². The Morgan fingerprint density at radius 2 is 1.29 bits per heavy atom. The minimum Gasteiger partial charge on any atom is -0.361 e. The van der Waals surface area contributed by atoms with E-state index >= 15 is 0 Å². The molecule has 16 heteroatoms. The van der Waals surface area contributed by atoms with Crippen LogP contribution in [0.3, 0.4) is 0 Å². The standard InChI is InChI=1S/C50H57N13O3/c1-30-26-62-45(53-47(30)58-18-15-38(51)28-58)24-40(55-62)43-9-4-5-17-60(43)49(64)34-12-10-33(11-13-34)35-7-6-8-36(22-35)37-14-20-61(50(65)42-21-32(3)66-57-42)44(23-37)41-25-46-54-48(31(2)27-63(46)56-41)59-19-16-39(52)29-59/h6-8,10-13,21-22,24-27,37-39,43-44H,4-5,9,14-20,23,28-29,51-52H2,1-3H3/t37?,38-,39-,43-,44-/m0/s1. The highest BCUT2D eigenvalue weighted by atomic mass is 16.5. The number of rotatable bonds is 8. The van der Waals surface area contributed by atoms with E-state index in [0.29, 0.717) is 36.5 Å². The van der Waals surface area contributed by atoms with Gasteiger partial charge < -0.3 is 35.6 Å². The minimum atomic E-state index is -0.320. The number of aromatic nitrogens is 7. The number of aryl methyl sites for hydroxylation is 3. The van der Waals surface area contributed by atoms with E-state index < -0.39 is 0 Å². The second-order valence-electron chi connectivity index (χ2n) is 19.0. The number of nitrogens with two attached hydrogens (primary N) is 2. The molecule has 5 atom stereocenters. The number of benzene rings is 2. The summed E-state index contributed by atoms with van der Waals surface area (Å²) in [5.74, 6) is 2.46. The second kappa shape index (κ2) is 17.0. The number of likely N-dealkylation sites (tertiary alicyclic amines) is 2. The van der Waals surface area contributed by atoms with Crippen molar-refractivity contribution in [2.24, 2.45) is 11.5 Å². The first-order valence-electron chi connectivity index (χ1n) is 23.5. The molecular formula is C50H57N13O3. The van der Waals surface area contributed by atoms with Crippen molar-refractivity contribution in [1.29, 1.82) is 0 Å². The van der Waals surface area contributed by atoms with Crippen molar-refractivity contribution in [3.63, 3.8) is 0 Å². The van der Waals surface area contributed by atoms with Gasteiger partial charge in [-0.3, -0.25) is 9.59 Å². The minimum absolute atomic E-state index is 0.00911. The van der Waals surface area contributed by atoms with Gasteiger partial charge in [0.25, 0.3) is 11.8 Å². The third kappa shape index (κ3) is 7.85. The fourth-order valence-electron chi connectivity index (χ4n) is 10.8. The normalized spacial score (nSPS) is 22.6. The summed E-state index contributed by atoms with van der Waals surface area (Å²) in [7, 11) is 0. The van der Waals surface area contributed by atoms with E-state index in [1.54, 1.807) is 13.0 Å². The van der Waals surface area contributed by atoms with Gasteiger partial charge in [-0.05, 0) is 100 Å². The van der Waals surface area contributed by atoms with Crippen molar-refractivity contribution in [3.05, 3.63) is 124 Å². The maximum atomic E-state index is 14.3. The second-order valence-corrected chi connectivity index (χ2v) is 19.0. The van der Waals surface area contributed by atoms with Crippen LogP contribution >= 0.6 is 0 Å². The molecule has 2 aromatic carbocycles. The molecule has 0 aliphatic carbocycles. The van der Waals surface area contributed by atoms with Gasteiger partial charge in [-0.15, -0.1) is 0 Å². The molecule has 5 aromatic heterocycles. The summed E-state index contributed by atoms with van der Waals surface area (Å²) in [6, 6.07) is 22.3. The largest absolute Gasteiger partial charge is 0.361 e. The zero-order chi connectivity index (χ0) is 45.2. The van der Waals surface area contributed by atoms with Crippen LogP contribution in [-0.4, -0.2) is 107 Å². The summed E-state index contributed by atoms with van der Waals surface area (Å²) in [5.41, 5.74) is 22.0. The van der Waals surface area contributed by atoms with Crippen LogP contribution in [0.25, 0.3) is 22.4 Å². The van der Waals surface area contributed by atoms with Crippen LogP contribution in [0.2, 0.25) is 0 Å². The molecule has 4 N–H and O–H groups in total. The molecule has 1 unspecified atom stereocenters. The van der Waals surface area contributed by atoms with Gasteiger partial charge in [-0.2, -0.15) is 10.2 Å². The summed E-state index contributed by atoms with van der Waals surface area (Å²) >= 11 is 0. The SMILES string of the molecule is Cc1cc(C(=O)N2CCC(c3cccc(-c4ccc(C(=O)N5CCCC[C@H]5c5cc6nc(N7CC[C@H](N)C7)c(C)cn6n5)cc4)c3)C[C@H]2c2cc3nc(N4CC[C@H](N)C4)c(C)cn3n2)no1. The van der Waals surface area contributed by atoms with Gasteiger partial charge in [0.1, 0.15) is 17.4 Å². The molecule has 340 valence electrons. The van der Waals surface area contributed by atoms with Gasteiger partial charge in [-0.1, -0.05) is 41.6 Å². The molecule has 0 bridgehead atoms. The molecule has 0 radical (unpaired) electrons. The lowest BCUT2D eigenvalue weighted by atomic mass is 9.83. The van der Waals surface area contributed by atoms with E-state index in [2.05, 4.69) is 65.2 Å². The van der Waals surface area contributed by atoms with Crippen molar-refractivity contribution in [1.82, 2.24) is 44.2 Å². The molecule has 4 aliphatic rings. The summed E-state index contributed by atoms with van der Waals surface area (Å²) in [4.78, 5) is 46.8. The molecule has 0 saturated carbocycles. The average molecular weight is 888 g/mol. The Morgan fingerprint density at radius 3 is 1.89 bits per heavy atom. The van der Waals surface area contributed by atoms with Crippen LogP contribution in [0.5, 0.6) is 0 Å². The van der Waals surface area contributed by atoms with Crippen molar-refractivity contribution < 1.29 is 14.1 Å². The summed E-state index contributed by atoms with van der Waals surface area (Å²) in [6.07, 6.45) is 10.2. The molecule has 2 amide bonds. The Morgan fingerprint density at radius 1 is 0.652 bits per heavy atom. The van der Waals surface area contributed by atoms with Crippen LogP contribution in [0.15, 0.2) is 83.6 Å². The molecule has 9 heterocycles. The molecule has 0 spiro atoms. The number of amides is 2.